The molecule has 0 spiro atoms. The minimum absolute atomic E-state index is 0.220. The number of amides is 1. The Morgan fingerprint density at radius 3 is 2.73 bits per heavy atom. The van der Waals surface area contributed by atoms with Gasteiger partial charge in [-0.05, 0) is 6.07 Å². The Kier molecular flexibility index (Phi) is 1.91. The van der Waals surface area contributed by atoms with Gasteiger partial charge in [-0.3, -0.25) is 4.79 Å². The van der Waals surface area contributed by atoms with Crippen molar-refractivity contribution >= 4 is 6.09 Å². The molecule has 1 heterocycles. The fraction of sp³-hybridized carbons (Fsp3) is 0. The lowest BCUT2D eigenvalue weighted by Gasteiger charge is -1.96. The van der Waals surface area contributed by atoms with E-state index in [9.17, 15) is 9.59 Å². The minimum atomic E-state index is -0.906. The van der Waals surface area contributed by atoms with Gasteiger partial charge < -0.3 is 15.5 Å². The Morgan fingerprint density at radius 1 is 1.55 bits per heavy atom. The van der Waals surface area contributed by atoms with Gasteiger partial charge in [0.1, 0.15) is 5.75 Å². The molecular weight excluding hydrogens is 148 g/mol. The highest BCUT2D eigenvalue weighted by atomic mass is 16.5. The average Bonchev–Trinajstić information content (AvgIpc) is 1.93. The van der Waals surface area contributed by atoms with E-state index in [2.05, 4.69) is 9.72 Å². The van der Waals surface area contributed by atoms with Crippen LogP contribution in [-0.4, -0.2) is 11.1 Å². The van der Waals surface area contributed by atoms with Crippen LogP contribution in [0.1, 0.15) is 0 Å². The van der Waals surface area contributed by atoms with Crippen LogP contribution in [0.3, 0.4) is 0 Å². The fourth-order valence-electron chi connectivity index (χ4n) is 0.576. The number of ether oxygens (including phenoxy) is 1. The molecule has 11 heavy (non-hydrogen) atoms. The smallest absolute Gasteiger partial charge is 0.409 e. The highest BCUT2D eigenvalue weighted by Gasteiger charge is 1.95. The third-order valence-electron chi connectivity index (χ3n) is 0.974. The molecule has 0 saturated heterocycles. The van der Waals surface area contributed by atoms with Crippen molar-refractivity contribution in [2.45, 2.75) is 0 Å². The van der Waals surface area contributed by atoms with Crippen molar-refractivity contribution in [3.05, 3.63) is 28.7 Å². The van der Waals surface area contributed by atoms with Gasteiger partial charge in [0.05, 0.1) is 0 Å². The van der Waals surface area contributed by atoms with Crippen molar-refractivity contribution in [1.29, 1.82) is 0 Å². The van der Waals surface area contributed by atoms with Gasteiger partial charge in [0.2, 0.25) is 5.56 Å². The van der Waals surface area contributed by atoms with E-state index in [-0.39, 0.29) is 11.3 Å². The second kappa shape index (κ2) is 2.87. The summed E-state index contributed by atoms with van der Waals surface area (Å²) in [5.41, 5.74) is 4.45. The van der Waals surface area contributed by atoms with Crippen LogP contribution in [-0.2, 0) is 0 Å². The van der Waals surface area contributed by atoms with E-state index in [0.29, 0.717) is 0 Å². The van der Waals surface area contributed by atoms with Crippen molar-refractivity contribution < 1.29 is 9.53 Å². The zero-order valence-electron chi connectivity index (χ0n) is 5.53. The Labute approximate surface area is 61.8 Å². The molecule has 3 N–H and O–H groups in total. The summed E-state index contributed by atoms with van der Waals surface area (Å²) in [4.78, 5) is 23.0. The maximum absolute atomic E-state index is 10.5. The molecule has 0 fully saturated rings. The third-order valence-corrected chi connectivity index (χ3v) is 0.974. The number of nitrogens with two attached hydrogens (primary N) is 1. The Hall–Kier alpha value is -1.78. The summed E-state index contributed by atoms with van der Waals surface area (Å²) in [6.07, 6.45) is 0.352. The first-order valence-electron chi connectivity index (χ1n) is 2.84. The third kappa shape index (κ3) is 2.13. The molecular formula is C6H6N2O3. The number of hydrogen-bond donors (Lipinski definition) is 2. The first-order valence-corrected chi connectivity index (χ1v) is 2.84. The molecule has 0 aliphatic carbocycles. The standard InChI is InChI=1S/C6H6N2O3/c7-6(10)11-4-1-2-5(9)8-3-4/h1-3H,(H2,7,10)(H,8,9). The van der Waals surface area contributed by atoms with Crippen LogP contribution in [0.5, 0.6) is 5.75 Å². The summed E-state index contributed by atoms with van der Waals surface area (Å²) >= 11 is 0. The zero-order valence-corrected chi connectivity index (χ0v) is 5.53. The number of carbonyl (C=O) groups is 1. The molecule has 0 bridgehead atoms. The monoisotopic (exact) mass is 154 g/mol. The van der Waals surface area contributed by atoms with Crippen LogP contribution < -0.4 is 16.0 Å². The lowest BCUT2D eigenvalue weighted by Crippen LogP contribution is -2.17. The quantitative estimate of drug-likeness (QED) is 0.589. The highest BCUT2D eigenvalue weighted by Crippen LogP contribution is 2.02. The minimum Gasteiger partial charge on any atom is -0.409 e. The van der Waals surface area contributed by atoms with Crippen LogP contribution >= 0.6 is 0 Å². The number of H-pyrrole nitrogens is 1. The predicted molar refractivity (Wildman–Crippen MR) is 37.3 cm³/mol. The topological polar surface area (TPSA) is 85.2 Å². The number of rotatable bonds is 1. The average molecular weight is 154 g/mol. The van der Waals surface area contributed by atoms with Crippen LogP contribution in [0, 0.1) is 0 Å². The summed E-state index contributed by atoms with van der Waals surface area (Å²) in [6.45, 7) is 0. The van der Waals surface area contributed by atoms with Crippen LogP contribution in [0.15, 0.2) is 23.1 Å². The van der Waals surface area contributed by atoms with E-state index in [0.717, 1.165) is 0 Å². The van der Waals surface area contributed by atoms with Crippen LogP contribution in [0.2, 0.25) is 0 Å². The molecule has 0 aliphatic heterocycles. The van der Waals surface area contributed by atoms with Gasteiger partial charge >= 0.3 is 6.09 Å². The first kappa shape index (κ1) is 7.33. The van der Waals surface area contributed by atoms with E-state index in [1.807, 2.05) is 0 Å². The van der Waals surface area contributed by atoms with Gasteiger partial charge in [-0.1, -0.05) is 0 Å². The summed E-state index contributed by atoms with van der Waals surface area (Å²) in [5.74, 6) is 0.220. The molecule has 0 unspecified atom stereocenters. The number of carbonyl (C=O) groups excluding carboxylic acids is 1. The summed E-state index contributed by atoms with van der Waals surface area (Å²) < 4.78 is 4.44. The number of hydrogen-bond acceptors (Lipinski definition) is 3. The molecule has 5 nitrogen and oxygen atoms in total. The molecule has 0 saturated carbocycles. The molecule has 1 amide bonds. The lowest BCUT2D eigenvalue weighted by atomic mass is 10.5. The molecule has 1 rings (SSSR count). The molecule has 5 heteroatoms. The van der Waals surface area contributed by atoms with E-state index in [1.54, 1.807) is 0 Å². The van der Waals surface area contributed by atoms with E-state index in [1.165, 1.54) is 18.3 Å². The van der Waals surface area contributed by atoms with Gasteiger partial charge in [-0.15, -0.1) is 0 Å². The first-order chi connectivity index (χ1) is 5.18. The maximum atomic E-state index is 10.5. The molecule has 0 aliphatic rings. The van der Waals surface area contributed by atoms with E-state index in [4.69, 9.17) is 5.73 Å². The van der Waals surface area contributed by atoms with Crippen molar-refractivity contribution in [2.75, 3.05) is 0 Å². The van der Waals surface area contributed by atoms with Gasteiger partial charge in [0.25, 0.3) is 0 Å². The van der Waals surface area contributed by atoms with Gasteiger partial charge in [0.15, 0.2) is 0 Å². The lowest BCUT2D eigenvalue weighted by molar-refractivity contribution is 0.210. The summed E-state index contributed by atoms with van der Waals surface area (Å²) in [6, 6.07) is 2.59. The fourth-order valence-corrected chi connectivity index (χ4v) is 0.576. The van der Waals surface area contributed by atoms with E-state index >= 15 is 0 Å². The summed E-state index contributed by atoms with van der Waals surface area (Å²) in [7, 11) is 0. The number of aromatic amines is 1. The van der Waals surface area contributed by atoms with E-state index < -0.39 is 6.09 Å². The second-order valence-electron chi connectivity index (χ2n) is 1.81. The summed E-state index contributed by atoms with van der Waals surface area (Å²) in [5, 5.41) is 0. The van der Waals surface area contributed by atoms with Gasteiger partial charge in [-0.2, -0.15) is 0 Å². The van der Waals surface area contributed by atoms with Crippen molar-refractivity contribution in [3.63, 3.8) is 0 Å². The number of primary amides is 1. The number of aromatic nitrogens is 1. The van der Waals surface area contributed by atoms with Crippen molar-refractivity contribution in [3.8, 4) is 5.75 Å². The molecule has 0 atom stereocenters. The number of pyridine rings is 1. The molecule has 1 aromatic rings. The van der Waals surface area contributed by atoms with Crippen LogP contribution in [0.4, 0.5) is 4.79 Å². The maximum Gasteiger partial charge on any atom is 0.410 e. The molecule has 0 aromatic carbocycles. The van der Waals surface area contributed by atoms with Gasteiger partial charge in [-0.25, -0.2) is 4.79 Å². The molecule has 0 radical (unpaired) electrons. The van der Waals surface area contributed by atoms with Crippen molar-refractivity contribution in [2.24, 2.45) is 5.73 Å². The number of nitrogens with one attached hydrogen (secondary N) is 1. The largest absolute Gasteiger partial charge is 0.410 e. The van der Waals surface area contributed by atoms with Gasteiger partial charge in [0, 0.05) is 12.3 Å². The molecule has 58 valence electrons. The second-order valence-corrected chi connectivity index (χ2v) is 1.81. The molecule has 1 aromatic heterocycles. The Balaban J connectivity index is 2.82. The van der Waals surface area contributed by atoms with Crippen LogP contribution in [0.25, 0.3) is 0 Å². The Bertz CT molecular complexity index is 297. The zero-order chi connectivity index (χ0) is 8.27. The highest BCUT2D eigenvalue weighted by molar-refractivity contribution is 5.67. The SMILES string of the molecule is NC(=O)Oc1ccc(=O)[nH]c1. The normalized spacial score (nSPS) is 9.09. The predicted octanol–water partition coefficient (Wildman–Crippen LogP) is -0.168. The van der Waals surface area contributed by atoms with Crippen molar-refractivity contribution in [1.82, 2.24) is 4.98 Å². The Morgan fingerprint density at radius 2 is 2.27 bits per heavy atom.